The zero-order valence-electron chi connectivity index (χ0n) is 12.9. The second-order valence-corrected chi connectivity index (χ2v) is 6.04. The van der Waals surface area contributed by atoms with Crippen molar-refractivity contribution in [1.29, 1.82) is 0 Å². The van der Waals surface area contributed by atoms with Gasteiger partial charge in [0.25, 0.3) is 0 Å². The molecule has 1 fully saturated rings. The molecule has 0 bridgehead atoms. The normalized spacial score (nSPS) is 22.7. The lowest BCUT2D eigenvalue weighted by Gasteiger charge is -2.39. The molecule has 0 saturated carbocycles. The number of nitrogens with two attached hydrogens (primary N) is 1. The maximum absolute atomic E-state index is 6.03. The number of benzene rings is 1. The predicted molar refractivity (Wildman–Crippen MR) is 87.5 cm³/mol. The monoisotopic (exact) mass is 284 g/mol. The summed E-state index contributed by atoms with van der Waals surface area (Å²) >= 11 is 0. The summed E-state index contributed by atoms with van der Waals surface area (Å²) in [4.78, 5) is 2.38. The van der Waals surface area contributed by atoms with Crippen molar-refractivity contribution in [3.63, 3.8) is 0 Å². The fourth-order valence-electron chi connectivity index (χ4n) is 3.44. The fourth-order valence-corrected chi connectivity index (χ4v) is 3.44. The first kappa shape index (κ1) is 14.3. The summed E-state index contributed by atoms with van der Waals surface area (Å²) in [6, 6.07) is 8.78. The number of piperidine rings is 1. The molecule has 2 N–H and O–H groups in total. The summed E-state index contributed by atoms with van der Waals surface area (Å²) in [7, 11) is 0. The van der Waals surface area contributed by atoms with Crippen LogP contribution in [0.15, 0.2) is 24.3 Å². The van der Waals surface area contributed by atoms with E-state index in [-0.39, 0.29) is 0 Å². The van der Waals surface area contributed by atoms with Crippen LogP contribution >= 0.6 is 0 Å². The largest absolute Gasteiger partial charge is 0.350 e. The SMILES string of the molecule is CCC1CCN(c2nnc(C)c3ccccc23)C(CN)C1. The van der Waals surface area contributed by atoms with Gasteiger partial charge in [0.1, 0.15) is 0 Å². The summed E-state index contributed by atoms with van der Waals surface area (Å²) < 4.78 is 0. The molecule has 0 spiro atoms. The number of nitrogens with zero attached hydrogens (tertiary/aromatic N) is 3. The lowest BCUT2D eigenvalue weighted by molar-refractivity contribution is 0.334. The summed E-state index contributed by atoms with van der Waals surface area (Å²) in [5.74, 6) is 1.79. The van der Waals surface area contributed by atoms with Gasteiger partial charge in [-0.05, 0) is 25.7 Å². The molecule has 0 radical (unpaired) electrons. The molecule has 21 heavy (non-hydrogen) atoms. The first-order chi connectivity index (χ1) is 10.2. The Kier molecular flexibility index (Phi) is 4.06. The third kappa shape index (κ3) is 2.60. The molecule has 2 heterocycles. The number of hydrogen-bond donors (Lipinski definition) is 1. The Labute approximate surface area is 126 Å². The average Bonchev–Trinajstić information content (AvgIpc) is 2.55. The van der Waals surface area contributed by atoms with Crippen molar-refractivity contribution in [2.45, 2.75) is 39.2 Å². The average molecular weight is 284 g/mol. The highest BCUT2D eigenvalue weighted by atomic mass is 15.3. The fraction of sp³-hybridized carbons (Fsp3) is 0.529. The van der Waals surface area contributed by atoms with Crippen LogP contribution in [0.1, 0.15) is 31.9 Å². The van der Waals surface area contributed by atoms with Gasteiger partial charge in [0, 0.05) is 29.9 Å². The Hall–Kier alpha value is -1.68. The van der Waals surface area contributed by atoms with E-state index in [1.807, 2.05) is 6.92 Å². The molecule has 4 nitrogen and oxygen atoms in total. The van der Waals surface area contributed by atoms with Crippen molar-refractivity contribution < 1.29 is 0 Å². The van der Waals surface area contributed by atoms with Crippen molar-refractivity contribution in [3.8, 4) is 0 Å². The highest BCUT2D eigenvalue weighted by Crippen LogP contribution is 2.32. The van der Waals surface area contributed by atoms with Crippen molar-refractivity contribution in [2.75, 3.05) is 18.0 Å². The smallest absolute Gasteiger partial charge is 0.159 e. The second-order valence-electron chi connectivity index (χ2n) is 6.04. The van der Waals surface area contributed by atoms with E-state index in [0.717, 1.165) is 30.4 Å². The van der Waals surface area contributed by atoms with Crippen molar-refractivity contribution in [2.24, 2.45) is 11.7 Å². The number of aryl methyl sites for hydroxylation is 1. The van der Waals surface area contributed by atoms with E-state index in [0.29, 0.717) is 12.6 Å². The molecular formula is C17H24N4. The topological polar surface area (TPSA) is 55.0 Å². The molecule has 1 aromatic carbocycles. The van der Waals surface area contributed by atoms with Crippen LogP contribution in [0.3, 0.4) is 0 Å². The standard InChI is InChI=1S/C17H24N4/c1-3-13-8-9-21(14(10-13)11-18)17-16-7-5-4-6-15(16)12(2)19-20-17/h4-7,13-14H,3,8-11,18H2,1-2H3. The molecule has 2 aromatic rings. The van der Waals surface area contributed by atoms with Crippen LogP contribution < -0.4 is 10.6 Å². The summed E-state index contributed by atoms with van der Waals surface area (Å²) in [6.45, 7) is 6.00. The van der Waals surface area contributed by atoms with Crippen molar-refractivity contribution >= 4 is 16.6 Å². The van der Waals surface area contributed by atoms with E-state index in [9.17, 15) is 0 Å². The molecule has 2 unspecified atom stereocenters. The number of fused-ring (bicyclic) bond motifs is 1. The van der Waals surface area contributed by atoms with Crippen LogP contribution in [-0.4, -0.2) is 29.3 Å². The molecule has 0 aliphatic carbocycles. The van der Waals surface area contributed by atoms with E-state index in [1.165, 1.54) is 23.6 Å². The molecule has 0 amide bonds. The maximum atomic E-state index is 6.03. The van der Waals surface area contributed by atoms with E-state index in [1.54, 1.807) is 0 Å². The first-order valence-corrected chi connectivity index (χ1v) is 7.93. The van der Waals surface area contributed by atoms with Gasteiger partial charge in [0.05, 0.1) is 5.69 Å². The zero-order valence-corrected chi connectivity index (χ0v) is 12.9. The summed E-state index contributed by atoms with van der Waals surface area (Å²) in [6.07, 6.45) is 3.62. The van der Waals surface area contributed by atoms with E-state index >= 15 is 0 Å². The molecule has 4 heteroatoms. The molecule has 2 atom stereocenters. The Morgan fingerprint density at radius 2 is 2.00 bits per heavy atom. The number of hydrogen-bond acceptors (Lipinski definition) is 4. The first-order valence-electron chi connectivity index (χ1n) is 7.93. The zero-order chi connectivity index (χ0) is 14.8. The van der Waals surface area contributed by atoms with E-state index in [4.69, 9.17) is 5.73 Å². The Bertz CT molecular complexity index is 625. The van der Waals surface area contributed by atoms with E-state index < -0.39 is 0 Å². The van der Waals surface area contributed by atoms with Gasteiger partial charge in [-0.2, -0.15) is 5.10 Å². The maximum Gasteiger partial charge on any atom is 0.159 e. The van der Waals surface area contributed by atoms with Crippen molar-refractivity contribution in [3.05, 3.63) is 30.0 Å². The predicted octanol–water partition coefficient (Wildman–Crippen LogP) is 2.89. The third-order valence-electron chi connectivity index (χ3n) is 4.80. The Balaban J connectivity index is 2.02. The Morgan fingerprint density at radius 1 is 1.24 bits per heavy atom. The number of aromatic nitrogens is 2. The highest BCUT2D eigenvalue weighted by Gasteiger charge is 2.28. The van der Waals surface area contributed by atoms with Crippen LogP contribution in [0.2, 0.25) is 0 Å². The van der Waals surface area contributed by atoms with Crippen LogP contribution in [0, 0.1) is 12.8 Å². The van der Waals surface area contributed by atoms with Gasteiger partial charge in [-0.3, -0.25) is 0 Å². The number of anilines is 1. The molecule has 1 saturated heterocycles. The Morgan fingerprint density at radius 3 is 2.71 bits per heavy atom. The third-order valence-corrected chi connectivity index (χ3v) is 4.80. The van der Waals surface area contributed by atoms with Gasteiger partial charge in [-0.15, -0.1) is 5.10 Å². The second kappa shape index (κ2) is 5.98. The minimum Gasteiger partial charge on any atom is -0.350 e. The quantitative estimate of drug-likeness (QED) is 0.941. The lowest BCUT2D eigenvalue weighted by Crippen LogP contribution is -2.47. The van der Waals surface area contributed by atoms with Crippen molar-refractivity contribution in [1.82, 2.24) is 10.2 Å². The molecule has 112 valence electrons. The van der Waals surface area contributed by atoms with Crippen LogP contribution in [0.25, 0.3) is 10.8 Å². The van der Waals surface area contributed by atoms with Gasteiger partial charge in [-0.1, -0.05) is 37.6 Å². The van der Waals surface area contributed by atoms with E-state index in [2.05, 4.69) is 46.3 Å². The van der Waals surface area contributed by atoms with Gasteiger partial charge in [-0.25, -0.2) is 0 Å². The number of rotatable bonds is 3. The molecule has 1 aliphatic heterocycles. The summed E-state index contributed by atoms with van der Waals surface area (Å²) in [5, 5.41) is 11.2. The van der Waals surface area contributed by atoms with Gasteiger partial charge < -0.3 is 10.6 Å². The van der Waals surface area contributed by atoms with Gasteiger partial charge >= 0.3 is 0 Å². The van der Waals surface area contributed by atoms with Crippen LogP contribution in [0.5, 0.6) is 0 Å². The van der Waals surface area contributed by atoms with Gasteiger partial charge in [0.2, 0.25) is 0 Å². The molecule has 1 aromatic heterocycles. The molecule has 1 aliphatic rings. The van der Waals surface area contributed by atoms with Gasteiger partial charge in [0.15, 0.2) is 5.82 Å². The minimum absolute atomic E-state index is 0.379. The highest BCUT2D eigenvalue weighted by molar-refractivity contribution is 5.93. The molecular weight excluding hydrogens is 260 g/mol. The molecule has 3 rings (SSSR count). The lowest BCUT2D eigenvalue weighted by atomic mass is 9.88. The minimum atomic E-state index is 0.379. The van der Waals surface area contributed by atoms with Crippen LogP contribution in [-0.2, 0) is 0 Å². The summed E-state index contributed by atoms with van der Waals surface area (Å²) in [5.41, 5.74) is 7.02. The van der Waals surface area contributed by atoms with Crippen LogP contribution in [0.4, 0.5) is 5.82 Å².